The zero-order valence-electron chi connectivity index (χ0n) is 19.2. The van der Waals surface area contributed by atoms with Crippen molar-refractivity contribution in [1.82, 2.24) is 19.7 Å². The van der Waals surface area contributed by atoms with Gasteiger partial charge < -0.3 is 34.3 Å². The average molecular weight is 445 g/mol. The molecule has 2 aromatic rings. The normalized spacial score (nSPS) is 19.1. The van der Waals surface area contributed by atoms with Gasteiger partial charge in [0.15, 0.2) is 0 Å². The first-order valence-electron chi connectivity index (χ1n) is 11.0. The number of aryl methyl sites for hydroxylation is 1. The van der Waals surface area contributed by atoms with Crippen molar-refractivity contribution in [2.45, 2.75) is 24.8 Å². The van der Waals surface area contributed by atoms with Gasteiger partial charge in [0.25, 0.3) is 0 Å². The van der Waals surface area contributed by atoms with E-state index in [-0.39, 0.29) is 25.2 Å². The predicted molar refractivity (Wildman–Crippen MR) is 120 cm³/mol. The second-order valence-corrected chi connectivity index (χ2v) is 8.72. The lowest BCUT2D eigenvalue weighted by Crippen LogP contribution is -2.69. The standard InChI is InChI=1S/C23H32N4O5/c1-5-8-24-22(30)26-12-23(13-26)14-27(19(29)11-31-3)18(10-28)21-20(23)16-7-6-15(32-4)9-17(16)25(21)2/h6-7,9,18,28H,5,8,10-14H2,1-4H3,(H,24,30)/t18-/m0/s1. The zero-order valence-corrected chi connectivity index (χ0v) is 19.2. The van der Waals surface area contributed by atoms with Gasteiger partial charge >= 0.3 is 6.03 Å². The lowest BCUT2D eigenvalue weighted by molar-refractivity contribution is -0.142. The first kappa shape index (κ1) is 22.4. The Kier molecular flexibility index (Phi) is 6.05. The van der Waals surface area contributed by atoms with Crippen molar-refractivity contribution in [1.29, 1.82) is 0 Å². The van der Waals surface area contributed by atoms with E-state index in [1.54, 1.807) is 16.9 Å². The van der Waals surface area contributed by atoms with Crippen LogP contribution in [0.5, 0.6) is 5.75 Å². The minimum Gasteiger partial charge on any atom is -0.497 e. The van der Waals surface area contributed by atoms with Gasteiger partial charge in [-0.3, -0.25) is 4.79 Å². The molecule has 2 aliphatic heterocycles. The Balaban J connectivity index is 1.82. The van der Waals surface area contributed by atoms with Gasteiger partial charge in [-0.25, -0.2) is 4.79 Å². The fraction of sp³-hybridized carbons (Fsp3) is 0.565. The van der Waals surface area contributed by atoms with Crippen LogP contribution in [-0.2, 0) is 22.0 Å². The second kappa shape index (κ2) is 8.63. The highest BCUT2D eigenvalue weighted by molar-refractivity contribution is 5.90. The molecule has 174 valence electrons. The van der Waals surface area contributed by atoms with Gasteiger partial charge in [0, 0.05) is 57.5 Å². The fourth-order valence-electron chi connectivity index (χ4n) is 5.26. The molecule has 0 radical (unpaired) electrons. The molecule has 2 aliphatic rings. The van der Waals surface area contributed by atoms with E-state index in [1.165, 1.54) is 7.11 Å². The highest BCUT2D eigenvalue weighted by atomic mass is 16.5. The topological polar surface area (TPSA) is 96.3 Å². The Morgan fingerprint density at radius 3 is 2.62 bits per heavy atom. The smallest absolute Gasteiger partial charge is 0.317 e. The number of fused-ring (bicyclic) bond motifs is 4. The van der Waals surface area contributed by atoms with Crippen LogP contribution in [-0.4, -0.2) is 85.0 Å². The molecule has 2 N–H and O–H groups in total. The number of ether oxygens (including phenoxy) is 2. The molecule has 1 atom stereocenters. The average Bonchev–Trinajstić information content (AvgIpc) is 3.07. The molecule has 1 fully saturated rings. The molecule has 0 unspecified atom stereocenters. The number of rotatable bonds is 6. The molecular formula is C23H32N4O5. The number of carbonyl (C=O) groups is 2. The van der Waals surface area contributed by atoms with Crippen LogP contribution in [0.3, 0.4) is 0 Å². The molecule has 1 aromatic heterocycles. The SMILES string of the molecule is CCCNC(=O)N1CC2(C1)CN(C(=O)COC)[C@@H](CO)c1c2c2ccc(OC)cc2n1C. The molecule has 0 bridgehead atoms. The minimum absolute atomic E-state index is 0.0552. The molecule has 0 aliphatic carbocycles. The Morgan fingerprint density at radius 2 is 2.00 bits per heavy atom. The summed E-state index contributed by atoms with van der Waals surface area (Å²) in [5.74, 6) is 0.569. The van der Waals surface area contributed by atoms with Crippen molar-refractivity contribution in [2.75, 3.05) is 53.6 Å². The second-order valence-electron chi connectivity index (χ2n) is 8.72. The van der Waals surface area contributed by atoms with E-state index >= 15 is 0 Å². The monoisotopic (exact) mass is 444 g/mol. The van der Waals surface area contributed by atoms with Crippen LogP contribution >= 0.6 is 0 Å². The number of nitrogens with one attached hydrogen (secondary N) is 1. The highest BCUT2D eigenvalue weighted by Gasteiger charge is 2.55. The number of likely N-dealkylation sites (tertiary alicyclic amines) is 1. The van der Waals surface area contributed by atoms with E-state index in [1.807, 2.05) is 36.7 Å². The number of aliphatic hydroxyl groups is 1. The number of methoxy groups -OCH3 is 2. The Bertz CT molecular complexity index is 1030. The number of benzene rings is 1. The Labute approximate surface area is 187 Å². The van der Waals surface area contributed by atoms with E-state index in [2.05, 4.69) is 5.32 Å². The fourth-order valence-corrected chi connectivity index (χ4v) is 5.26. The molecule has 32 heavy (non-hydrogen) atoms. The molecule has 3 amide bonds. The van der Waals surface area contributed by atoms with Crippen molar-refractivity contribution >= 4 is 22.8 Å². The maximum absolute atomic E-state index is 13.0. The van der Waals surface area contributed by atoms with Crippen molar-refractivity contribution in [3.63, 3.8) is 0 Å². The lowest BCUT2D eigenvalue weighted by atomic mass is 9.68. The van der Waals surface area contributed by atoms with Crippen molar-refractivity contribution in [3.8, 4) is 5.75 Å². The van der Waals surface area contributed by atoms with Gasteiger partial charge in [-0.1, -0.05) is 6.92 Å². The number of aliphatic hydroxyl groups excluding tert-OH is 1. The number of hydrogen-bond donors (Lipinski definition) is 2. The predicted octanol–water partition coefficient (Wildman–Crippen LogP) is 1.38. The van der Waals surface area contributed by atoms with Gasteiger partial charge in [0.05, 0.1) is 30.7 Å². The molecule has 1 aromatic carbocycles. The summed E-state index contributed by atoms with van der Waals surface area (Å²) in [4.78, 5) is 29.0. The Morgan fingerprint density at radius 1 is 1.25 bits per heavy atom. The van der Waals surface area contributed by atoms with Crippen LogP contribution in [0.4, 0.5) is 4.79 Å². The van der Waals surface area contributed by atoms with Gasteiger partial charge in [-0.15, -0.1) is 0 Å². The summed E-state index contributed by atoms with van der Waals surface area (Å²) in [5.41, 5.74) is 2.59. The summed E-state index contributed by atoms with van der Waals surface area (Å²) in [6.45, 7) is 3.85. The van der Waals surface area contributed by atoms with Crippen LogP contribution < -0.4 is 10.1 Å². The lowest BCUT2D eigenvalue weighted by Gasteiger charge is -2.56. The molecular weight excluding hydrogens is 412 g/mol. The molecule has 9 nitrogen and oxygen atoms in total. The van der Waals surface area contributed by atoms with E-state index in [0.29, 0.717) is 26.2 Å². The molecule has 9 heteroatoms. The summed E-state index contributed by atoms with van der Waals surface area (Å²) in [5, 5.41) is 14.3. The molecule has 4 rings (SSSR count). The van der Waals surface area contributed by atoms with E-state index in [4.69, 9.17) is 9.47 Å². The quantitative estimate of drug-likeness (QED) is 0.702. The van der Waals surface area contributed by atoms with Crippen molar-refractivity contribution in [2.24, 2.45) is 7.05 Å². The van der Waals surface area contributed by atoms with E-state index in [9.17, 15) is 14.7 Å². The Hall–Kier alpha value is -2.78. The van der Waals surface area contributed by atoms with Crippen molar-refractivity contribution in [3.05, 3.63) is 29.5 Å². The van der Waals surface area contributed by atoms with Crippen molar-refractivity contribution < 1.29 is 24.2 Å². The number of nitrogens with zero attached hydrogens (tertiary/aromatic N) is 3. The van der Waals surface area contributed by atoms with Crippen LogP contribution in [0, 0.1) is 0 Å². The summed E-state index contributed by atoms with van der Waals surface area (Å²) in [6.07, 6.45) is 0.873. The molecule has 0 saturated carbocycles. The largest absolute Gasteiger partial charge is 0.497 e. The minimum atomic E-state index is -0.482. The maximum Gasteiger partial charge on any atom is 0.317 e. The van der Waals surface area contributed by atoms with E-state index < -0.39 is 11.5 Å². The summed E-state index contributed by atoms with van der Waals surface area (Å²) in [6, 6.07) is 5.37. The first-order valence-corrected chi connectivity index (χ1v) is 11.0. The first-order chi connectivity index (χ1) is 15.4. The van der Waals surface area contributed by atoms with Gasteiger partial charge in [-0.05, 0) is 24.1 Å². The number of carbonyl (C=O) groups excluding carboxylic acids is 2. The van der Waals surface area contributed by atoms with Crippen LogP contribution in [0.1, 0.15) is 30.6 Å². The number of hydrogen-bond acceptors (Lipinski definition) is 5. The third kappa shape index (κ3) is 3.40. The molecule has 3 heterocycles. The van der Waals surface area contributed by atoms with Crippen LogP contribution in [0.25, 0.3) is 10.9 Å². The summed E-state index contributed by atoms with van der Waals surface area (Å²) in [7, 11) is 5.07. The number of urea groups is 1. The third-order valence-electron chi connectivity index (χ3n) is 6.71. The highest BCUT2D eigenvalue weighted by Crippen LogP contribution is 2.49. The number of amides is 3. The van der Waals surface area contributed by atoms with Gasteiger partial charge in [0.2, 0.25) is 5.91 Å². The van der Waals surface area contributed by atoms with Crippen LogP contribution in [0.2, 0.25) is 0 Å². The molecule has 1 spiro atoms. The van der Waals surface area contributed by atoms with Crippen LogP contribution in [0.15, 0.2) is 18.2 Å². The number of aromatic nitrogens is 1. The maximum atomic E-state index is 13.0. The zero-order chi connectivity index (χ0) is 23.0. The van der Waals surface area contributed by atoms with Gasteiger partial charge in [-0.2, -0.15) is 0 Å². The molecule has 1 saturated heterocycles. The van der Waals surface area contributed by atoms with E-state index in [0.717, 1.165) is 34.3 Å². The summed E-state index contributed by atoms with van der Waals surface area (Å²) < 4.78 is 12.6. The third-order valence-corrected chi connectivity index (χ3v) is 6.71. The summed E-state index contributed by atoms with van der Waals surface area (Å²) >= 11 is 0. The van der Waals surface area contributed by atoms with Gasteiger partial charge in [0.1, 0.15) is 12.4 Å².